The van der Waals surface area contributed by atoms with Gasteiger partial charge in [-0.25, -0.2) is 4.68 Å². The Kier molecular flexibility index (Phi) is 6.28. The van der Waals surface area contributed by atoms with Crippen LogP contribution in [-0.4, -0.2) is 46.9 Å². The fourth-order valence-electron chi connectivity index (χ4n) is 4.08. The molecule has 2 heterocycles. The van der Waals surface area contributed by atoms with Gasteiger partial charge in [-0.2, -0.15) is 5.10 Å². The smallest absolute Gasteiger partial charge is 0.255 e. The number of amides is 1. The van der Waals surface area contributed by atoms with Gasteiger partial charge in [-0.05, 0) is 42.0 Å². The molecule has 0 radical (unpaired) electrons. The number of benzene rings is 3. The highest BCUT2D eigenvalue weighted by Gasteiger charge is 2.13. The van der Waals surface area contributed by atoms with Crippen molar-refractivity contribution >= 4 is 11.6 Å². The zero-order chi connectivity index (χ0) is 22.5. The number of rotatable bonds is 6. The van der Waals surface area contributed by atoms with Gasteiger partial charge in [0, 0.05) is 36.4 Å². The number of morpholine rings is 1. The summed E-state index contributed by atoms with van der Waals surface area (Å²) in [6, 6.07) is 27.6. The van der Waals surface area contributed by atoms with Crippen LogP contribution in [0, 0.1) is 0 Å². The zero-order valence-corrected chi connectivity index (χ0v) is 18.4. The van der Waals surface area contributed by atoms with Crippen LogP contribution in [0.15, 0.2) is 91.1 Å². The molecule has 166 valence electrons. The Morgan fingerprint density at radius 1 is 0.909 bits per heavy atom. The predicted octanol–water partition coefficient (Wildman–Crippen LogP) is 4.62. The van der Waals surface area contributed by atoms with Gasteiger partial charge in [0.1, 0.15) is 0 Å². The molecular weight excluding hydrogens is 412 g/mol. The van der Waals surface area contributed by atoms with Gasteiger partial charge in [-0.1, -0.05) is 48.5 Å². The van der Waals surface area contributed by atoms with Gasteiger partial charge in [0.2, 0.25) is 0 Å². The minimum Gasteiger partial charge on any atom is -0.379 e. The minimum absolute atomic E-state index is 0.145. The zero-order valence-electron chi connectivity index (χ0n) is 18.4. The van der Waals surface area contributed by atoms with E-state index in [9.17, 15) is 4.79 Å². The van der Waals surface area contributed by atoms with Gasteiger partial charge in [0.25, 0.3) is 5.91 Å². The van der Waals surface area contributed by atoms with E-state index in [1.165, 1.54) is 5.56 Å². The number of nitrogens with one attached hydrogen (secondary N) is 1. The summed E-state index contributed by atoms with van der Waals surface area (Å²) in [5.41, 5.74) is 5.44. The molecule has 1 amide bonds. The molecule has 33 heavy (non-hydrogen) atoms. The monoisotopic (exact) mass is 438 g/mol. The fraction of sp³-hybridized carbons (Fsp3) is 0.185. The highest BCUT2D eigenvalue weighted by atomic mass is 16.5. The molecule has 1 aliphatic heterocycles. The van der Waals surface area contributed by atoms with Crippen LogP contribution in [0.4, 0.5) is 5.69 Å². The maximum absolute atomic E-state index is 13.0. The third-order valence-electron chi connectivity index (χ3n) is 5.76. The van der Waals surface area contributed by atoms with E-state index in [4.69, 9.17) is 4.74 Å². The summed E-state index contributed by atoms with van der Waals surface area (Å²) >= 11 is 0. The molecule has 0 saturated carbocycles. The molecule has 0 spiro atoms. The first-order valence-corrected chi connectivity index (χ1v) is 11.2. The molecule has 5 rings (SSSR count). The lowest BCUT2D eigenvalue weighted by Gasteiger charge is -2.26. The van der Waals surface area contributed by atoms with Crippen LogP contribution in [0.1, 0.15) is 15.9 Å². The van der Waals surface area contributed by atoms with Crippen molar-refractivity contribution < 1.29 is 9.53 Å². The summed E-state index contributed by atoms with van der Waals surface area (Å²) in [5.74, 6) is -0.145. The van der Waals surface area contributed by atoms with Crippen LogP contribution >= 0.6 is 0 Å². The van der Waals surface area contributed by atoms with E-state index >= 15 is 0 Å². The minimum atomic E-state index is -0.145. The van der Waals surface area contributed by atoms with E-state index in [2.05, 4.69) is 21.4 Å². The standard InChI is InChI=1S/C27H26N4O2/c32-27(29-24-10-4-6-21(18-24)20-30-14-16-33-17-15-30)23-9-5-11-25(19-23)31-26(12-13-28-31)22-7-2-1-3-8-22/h1-13,18-19H,14-17,20H2,(H,29,32). The van der Waals surface area contributed by atoms with Crippen molar-refractivity contribution in [2.75, 3.05) is 31.6 Å². The molecular formula is C27H26N4O2. The van der Waals surface area contributed by atoms with Crippen LogP contribution < -0.4 is 5.32 Å². The number of nitrogens with zero attached hydrogens (tertiary/aromatic N) is 3. The lowest BCUT2D eigenvalue weighted by molar-refractivity contribution is 0.0342. The average Bonchev–Trinajstić information content (AvgIpc) is 3.36. The summed E-state index contributed by atoms with van der Waals surface area (Å²) in [6.45, 7) is 4.26. The second kappa shape index (κ2) is 9.81. The maximum atomic E-state index is 13.0. The average molecular weight is 439 g/mol. The normalized spacial score (nSPS) is 14.2. The van der Waals surface area contributed by atoms with Crippen LogP contribution in [0.5, 0.6) is 0 Å². The SMILES string of the molecule is O=C(Nc1cccc(CN2CCOCC2)c1)c1cccc(-n2nccc2-c2ccccc2)c1. The van der Waals surface area contributed by atoms with E-state index in [0.717, 1.165) is 55.5 Å². The van der Waals surface area contributed by atoms with Crippen molar-refractivity contribution in [3.63, 3.8) is 0 Å². The van der Waals surface area contributed by atoms with E-state index in [-0.39, 0.29) is 5.91 Å². The van der Waals surface area contributed by atoms with E-state index in [1.807, 2.05) is 83.5 Å². The van der Waals surface area contributed by atoms with E-state index in [1.54, 1.807) is 6.20 Å². The molecule has 6 heteroatoms. The van der Waals surface area contributed by atoms with Crippen LogP contribution in [0.25, 0.3) is 16.9 Å². The molecule has 1 fully saturated rings. The number of ether oxygens (including phenoxy) is 1. The van der Waals surface area contributed by atoms with Gasteiger partial charge < -0.3 is 10.1 Å². The lowest BCUT2D eigenvalue weighted by Crippen LogP contribution is -2.35. The Labute approximate surface area is 193 Å². The number of hydrogen-bond acceptors (Lipinski definition) is 4. The first-order valence-electron chi connectivity index (χ1n) is 11.2. The Bertz CT molecular complexity index is 1230. The summed E-state index contributed by atoms with van der Waals surface area (Å²) in [6.07, 6.45) is 1.77. The molecule has 1 aromatic heterocycles. The Morgan fingerprint density at radius 2 is 1.73 bits per heavy atom. The molecule has 1 aliphatic rings. The summed E-state index contributed by atoms with van der Waals surface area (Å²) < 4.78 is 7.28. The number of aromatic nitrogens is 2. The van der Waals surface area contributed by atoms with E-state index < -0.39 is 0 Å². The Hall–Kier alpha value is -3.74. The maximum Gasteiger partial charge on any atom is 0.255 e. The molecule has 6 nitrogen and oxygen atoms in total. The van der Waals surface area contributed by atoms with Gasteiger partial charge in [-0.15, -0.1) is 0 Å². The van der Waals surface area contributed by atoms with Crippen molar-refractivity contribution in [3.05, 3.63) is 102 Å². The Morgan fingerprint density at radius 3 is 2.58 bits per heavy atom. The lowest BCUT2D eigenvalue weighted by atomic mass is 10.1. The molecule has 0 aliphatic carbocycles. The Balaban J connectivity index is 1.33. The molecule has 1 saturated heterocycles. The van der Waals surface area contributed by atoms with Crippen LogP contribution in [0.2, 0.25) is 0 Å². The number of anilines is 1. The van der Waals surface area contributed by atoms with Crippen molar-refractivity contribution in [1.29, 1.82) is 0 Å². The van der Waals surface area contributed by atoms with Crippen molar-refractivity contribution in [2.45, 2.75) is 6.54 Å². The van der Waals surface area contributed by atoms with Crippen LogP contribution in [0.3, 0.4) is 0 Å². The van der Waals surface area contributed by atoms with Gasteiger partial charge in [0.15, 0.2) is 0 Å². The summed E-state index contributed by atoms with van der Waals surface area (Å²) in [4.78, 5) is 15.4. The topological polar surface area (TPSA) is 59.4 Å². The molecule has 0 atom stereocenters. The molecule has 3 aromatic carbocycles. The first-order chi connectivity index (χ1) is 16.3. The number of carbonyl (C=O) groups is 1. The fourth-order valence-corrected chi connectivity index (χ4v) is 4.08. The molecule has 1 N–H and O–H groups in total. The van der Waals surface area contributed by atoms with Crippen molar-refractivity contribution in [1.82, 2.24) is 14.7 Å². The highest BCUT2D eigenvalue weighted by Crippen LogP contribution is 2.23. The largest absolute Gasteiger partial charge is 0.379 e. The van der Waals surface area contributed by atoms with E-state index in [0.29, 0.717) is 5.56 Å². The number of hydrogen-bond donors (Lipinski definition) is 1. The first kappa shape index (κ1) is 21.1. The summed E-state index contributed by atoms with van der Waals surface area (Å²) in [7, 11) is 0. The van der Waals surface area contributed by atoms with Crippen molar-refractivity contribution in [3.8, 4) is 16.9 Å². The van der Waals surface area contributed by atoms with Gasteiger partial charge in [-0.3, -0.25) is 9.69 Å². The molecule has 0 unspecified atom stereocenters. The molecule has 0 bridgehead atoms. The number of carbonyl (C=O) groups excluding carboxylic acids is 1. The second-order valence-electron chi connectivity index (χ2n) is 8.09. The highest BCUT2D eigenvalue weighted by molar-refractivity contribution is 6.04. The van der Waals surface area contributed by atoms with Crippen LogP contribution in [-0.2, 0) is 11.3 Å². The molecule has 4 aromatic rings. The third-order valence-corrected chi connectivity index (χ3v) is 5.76. The second-order valence-corrected chi connectivity index (χ2v) is 8.09. The van der Waals surface area contributed by atoms with Gasteiger partial charge in [0.05, 0.1) is 30.8 Å². The predicted molar refractivity (Wildman–Crippen MR) is 129 cm³/mol. The summed E-state index contributed by atoms with van der Waals surface area (Å²) in [5, 5.41) is 7.53. The van der Waals surface area contributed by atoms with Gasteiger partial charge >= 0.3 is 0 Å². The third kappa shape index (κ3) is 5.03. The van der Waals surface area contributed by atoms with Crippen molar-refractivity contribution in [2.24, 2.45) is 0 Å². The quantitative estimate of drug-likeness (QED) is 0.477.